The monoisotopic (exact) mass is 527 g/mol. The van der Waals surface area contributed by atoms with Gasteiger partial charge in [-0.3, -0.25) is 9.59 Å². The highest BCUT2D eigenvalue weighted by Gasteiger charge is 2.44. The Kier molecular flexibility index (Phi) is 9.86. The normalized spacial score (nSPS) is 14.8. The Labute approximate surface area is 223 Å². The summed E-state index contributed by atoms with van der Waals surface area (Å²) in [6, 6.07) is 14.0. The maximum atomic E-state index is 14.0. The van der Waals surface area contributed by atoms with Crippen LogP contribution in [0.25, 0.3) is 0 Å². The van der Waals surface area contributed by atoms with Gasteiger partial charge in [0.15, 0.2) is 0 Å². The first-order valence-electron chi connectivity index (χ1n) is 12.5. The van der Waals surface area contributed by atoms with Crippen molar-refractivity contribution >= 4 is 29.7 Å². The number of amides is 3. The number of benzene rings is 2. The summed E-state index contributed by atoms with van der Waals surface area (Å²) in [6.07, 6.45) is 3.10. The van der Waals surface area contributed by atoms with Gasteiger partial charge in [-0.15, -0.1) is 0 Å². The molecule has 2 aromatic carbocycles. The molecule has 1 aliphatic carbocycles. The molecule has 1 fully saturated rings. The molecular weight excluding hydrogens is 490 g/mol. The van der Waals surface area contributed by atoms with E-state index < -0.39 is 29.7 Å². The van der Waals surface area contributed by atoms with E-state index in [9.17, 15) is 19.5 Å². The molecule has 8 nitrogen and oxygen atoms in total. The SMILES string of the molecule is CSCCC(NC(=O)OC(C)(C)C)C(=O)N(C1CC1)C(C(=O)NCc1ccccc1)c1ccccc1O. The van der Waals surface area contributed by atoms with Gasteiger partial charge in [-0.1, -0.05) is 48.5 Å². The first-order valence-corrected chi connectivity index (χ1v) is 13.9. The van der Waals surface area contributed by atoms with Crippen LogP contribution in [0.2, 0.25) is 0 Å². The number of carbonyl (C=O) groups is 3. The minimum atomic E-state index is -1.05. The predicted octanol–water partition coefficient (Wildman–Crippen LogP) is 4.39. The molecule has 37 heavy (non-hydrogen) atoms. The number of nitrogens with zero attached hydrogens (tertiary/aromatic N) is 1. The quantitative estimate of drug-likeness (QED) is 0.400. The van der Waals surface area contributed by atoms with Crippen LogP contribution in [0.4, 0.5) is 4.79 Å². The number of para-hydroxylation sites is 1. The number of alkyl carbamates (subject to hydrolysis) is 1. The molecule has 1 aliphatic rings. The molecule has 1 saturated carbocycles. The maximum absolute atomic E-state index is 14.0. The first kappa shape index (κ1) is 28.4. The van der Waals surface area contributed by atoms with Gasteiger partial charge in [0.2, 0.25) is 11.8 Å². The van der Waals surface area contributed by atoms with Gasteiger partial charge in [0.1, 0.15) is 23.4 Å². The van der Waals surface area contributed by atoms with Crippen molar-refractivity contribution in [3.8, 4) is 5.75 Å². The number of thioether (sulfide) groups is 1. The fourth-order valence-corrected chi connectivity index (χ4v) is 4.48. The second-order valence-corrected chi connectivity index (χ2v) is 11.1. The largest absolute Gasteiger partial charge is 0.508 e. The number of phenolic OH excluding ortho intramolecular Hbond substituents is 1. The molecule has 0 heterocycles. The van der Waals surface area contributed by atoms with Crippen molar-refractivity contribution in [3.05, 3.63) is 65.7 Å². The van der Waals surface area contributed by atoms with Crippen molar-refractivity contribution in [1.82, 2.24) is 15.5 Å². The fourth-order valence-electron chi connectivity index (χ4n) is 4.01. The second kappa shape index (κ2) is 12.9. The average molecular weight is 528 g/mol. The molecule has 200 valence electrons. The number of phenols is 1. The lowest BCUT2D eigenvalue weighted by Crippen LogP contribution is -2.54. The van der Waals surface area contributed by atoms with Crippen LogP contribution in [0.15, 0.2) is 54.6 Å². The third kappa shape index (κ3) is 8.42. The minimum absolute atomic E-state index is 0.0680. The lowest BCUT2D eigenvalue weighted by Gasteiger charge is -2.35. The molecule has 3 rings (SSSR count). The molecule has 0 aromatic heterocycles. The Hall–Kier alpha value is -3.20. The van der Waals surface area contributed by atoms with Crippen molar-refractivity contribution in [2.45, 2.75) is 70.3 Å². The molecule has 0 saturated heterocycles. The van der Waals surface area contributed by atoms with Gasteiger partial charge in [0, 0.05) is 18.2 Å². The van der Waals surface area contributed by atoms with Crippen molar-refractivity contribution in [2.75, 3.05) is 12.0 Å². The molecule has 2 aromatic rings. The summed E-state index contributed by atoms with van der Waals surface area (Å²) in [5, 5.41) is 16.4. The summed E-state index contributed by atoms with van der Waals surface area (Å²) in [6.45, 7) is 5.55. The topological polar surface area (TPSA) is 108 Å². The van der Waals surface area contributed by atoms with Crippen LogP contribution in [0, 0.1) is 0 Å². The summed E-state index contributed by atoms with van der Waals surface area (Å²) in [5.41, 5.74) is 0.540. The van der Waals surface area contributed by atoms with Crippen LogP contribution < -0.4 is 10.6 Å². The minimum Gasteiger partial charge on any atom is -0.508 e. The van der Waals surface area contributed by atoms with Crippen LogP contribution in [0.1, 0.15) is 57.2 Å². The van der Waals surface area contributed by atoms with Crippen LogP contribution in [-0.2, 0) is 20.9 Å². The van der Waals surface area contributed by atoms with E-state index in [0.29, 0.717) is 17.7 Å². The maximum Gasteiger partial charge on any atom is 0.408 e. The summed E-state index contributed by atoms with van der Waals surface area (Å²) < 4.78 is 5.41. The Balaban J connectivity index is 1.92. The van der Waals surface area contributed by atoms with Crippen molar-refractivity contribution in [2.24, 2.45) is 0 Å². The van der Waals surface area contributed by atoms with Crippen molar-refractivity contribution in [3.63, 3.8) is 0 Å². The molecule has 0 aliphatic heterocycles. The van der Waals surface area contributed by atoms with Crippen molar-refractivity contribution < 1.29 is 24.2 Å². The highest BCUT2D eigenvalue weighted by molar-refractivity contribution is 7.98. The summed E-state index contributed by atoms with van der Waals surface area (Å²) in [7, 11) is 0. The first-order chi connectivity index (χ1) is 17.6. The summed E-state index contributed by atoms with van der Waals surface area (Å²) in [5.74, 6) is -0.204. The van der Waals surface area contributed by atoms with Gasteiger partial charge < -0.3 is 25.4 Å². The average Bonchev–Trinajstić information content (AvgIpc) is 3.68. The lowest BCUT2D eigenvalue weighted by atomic mass is 10.0. The molecule has 0 spiro atoms. The van der Waals surface area contributed by atoms with Crippen LogP contribution >= 0.6 is 11.8 Å². The van der Waals surface area contributed by atoms with Crippen LogP contribution in [0.5, 0.6) is 5.75 Å². The number of ether oxygens (including phenoxy) is 1. The molecular formula is C28H37N3O5S. The Morgan fingerprint density at radius 2 is 1.73 bits per heavy atom. The molecule has 2 atom stereocenters. The van der Waals surface area contributed by atoms with E-state index in [0.717, 1.165) is 18.4 Å². The number of hydrogen-bond donors (Lipinski definition) is 3. The summed E-state index contributed by atoms with van der Waals surface area (Å²) >= 11 is 1.56. The molecule has 3 N–H and O–H groups in total. The van der Waals surface area contributed by atoms with E-state index in [1.54, 1.807) is 50.7 Å². The van der Waals surface area contributed by atoms with Gasteiger partial charge in [-0.25, -0.2) is 4.79 Å². The Morgan fingerprint density at radius 1 is 1.08 bits per heavy atom. The molecule has 0 radical (unpaired) electrons. The Morgan fingerprint density at radius 3 is 2.32 bits per heavy atom. The van der Waals surface area contributed by atoms with E-state index in [1.807, 2.05) is 36.6 Å². The van der Waals surface area contributed by atoms with Gasteiger partial charge in [0.25, 0.3) is 0 Å². The lowest BCUT2D eigenvalue weighted by molar-refractivity contribution is -0.143. The zero-order valence-corrected chi connectivity index (χ0v) is 22.7. The standard InChI is InChI=1S/C28H37N3O5S/c1-28(2,3)36-27(35)30-22(16-17-37-4)26(34)31(20-14-15-20)24(21-12-8-9-13-23(21)32)25(33)29-18-19-10-6-5-7-11-19/h5-13,20,22,24,32H,14-18H2,1-4H3,(H,29,33)(H,30,35). The zero-order chi connectivity index (χ0) is 27.0. The zero-order valence-electron chi connectivity index (χ0n) is 21.9. The van der Waals surface area contributed by atoms with Gasteiger partial charge in [-0.2, -0.15) is 11.8 Å². The van der Waals surface area contributed by atoms with Gasteiger partial charge in [0.05, 0.1) is 0 Å². The van der Waals surface area contributed by atoms with E-state index in [-0.39, 0.29) is 24.2 Å². The Bertz CT molecular complexity index is 1070. The van der Waals surface area contributed by atoms with Gasteiger partial charge in [-0.05, 0) is 63.7 Å². The van der Waals surface area contributed by atoms with E-state index >= 15 is 0 Å². The number of carbonyl (C=O) groups excluding carboxylic acids is 3. The molecule has 9 heteroatoms. The van der Waals surface area contributed by atoms with Gasteiger partial charge >= 0.3 is 6.09 Å². The number of nitrogens with one attached hydrogen (secondary N) is 2. The fraction of sp³-hybridized carbons (Fsp3) is 0.464. The van der Waals surface area contributed by atoms with E-state index in [2.05, 4.69) is 10.6 Å². The van der Waals surface area contributed by atoms with Crippen LogP contribution in [-0.4, -0.2) is 57.6 Å². The number of rotatable bonds is 11. The molecule has 3 amide bonds. The van der Waals surface area contributed by atoms with E-state index in [4.69, 9.17) is 4.74 Å². The smallest absolute Gasteiger partial charge is 0.408 e. The number of aromatic hydroxyl groups is 1. The molecule has 0 bridgehead atoms. The number of hydrogen-bond acceptors (Lipinski definition) is 6. The van der Waals surface area contributed by atoms with Crippen LogP contribution in [0.3, 0.4) is 0 Å². The predicted molar refractivity (Wildman–Crippen MR) is 145 cm³/mol. The molecule has 2 unspecified atom stereocenters. The third-order valence-electron chi connectivity index (χ3n) is 5.86. The second-order valence-electron chi connectivity index (χ2n) is 10.1. The van der Waals surface area contributed by atoms with E-state index in [1.165, 1.54) is 11.0 Å². The highest BCUT2D eigenvalue weighted by Crippen LogP contribution is 2.38. The summed E-state index contributed by atoms with van der Waals surface area (Å²) in [4.78, 5) is 41.8. The third-order valence-corrected chi connectivity index (χ3v) is 6.51. The van der Waals surface area contributed by atoms with Crippen molar-refractivity contribution in [1.29, 1.82) is 0 Å². The highest BCUT2D eigenvalue weighted by atomic mass is 32.2.